The number of ether oxygens (including phenoxy) is 1. The Morgan fingerprint density at radius 3 is 2.36 bits per heavy atom. The van der Waals surface area contributed by atoms with Gasteiger partial charge in [0.25, 0.3) is 5.56 Å². The summed E-state index contributed by atoms with van der Waals surface area (Å²) in [5.74, 6) is -2.80. The zero-order chi connectivity index (χ0) is 25.2. The van der Waals surface area contributed by atoms with E-state index >= 15 is 0 Å². The fraction of sp³-hybridized carbons (Fsp3) is 0.0741. The predicted octanol–water partition coefficient (Wildman–Crippen LogP) is 6.41. The minimum absolute atomic E-state index is 0.104. The highest BCUT2D eigenvalue weighted by molar-refractivity contribution is 5.82. The van der Waals surface area contributed by atoms with Crippen LogP contribution in [-0.2, 0) is 13.0 Å². The summed E-state index contributed by atoms with van der Waals surface area (Å²) in [6, 6.07) is 13.3. The molecule has 5 rings (SSSR count). The number of benzene rings is 3. The summed E-state index contributed by atoms with van der Waals surface area (Å²) >= 11 is 0. The predicted molar refractivity (Wildman–Crippen MR) is 128 cm³/mol. The third-order valence-corrected chi connectivity index (χ3v) is 5.78. The molecule has 2 heterocycles. The van der Waals surface area contributed by atoms with Gasteiger partial charge in [-0.1, -0.05) is 6.07 Å². The molecule has 0 bridgehead atoms. The normalized spacial score (nSPS) is 11.1. The largest absolute Gasteiger partial charge is 0.454 e. The van der Waals surface area contributed by atoms with Crippen LogP contribution in [0.4, 0.5) is 23.2 Å². The van der Waals surface area contributed by atoms with Crippen LogP contribution < -0.4 is 15.6 Å². The Kier molecular flexibility index (Phi) is 6.20. The molecule has 36 heavy (non-hydrogen) atoms. The lowest BCUT2D eigenvalue weighted by Crippen LogP contribution is -2.05. The SMILES string of the molecule is O=c1[nH]ccc2c(Cc3cc(NCc4c(F)cccc4F)ccc3Oc3ccc(F)cc3F)c[nH]c12. The van der Waals surface area contributed by atoms with Gasteiger partial charge < -0.3 is 20.0 Å². The molecule has 3 aromatic carbocycles. The fourth-order valence-electron chi connectivity index (χ4n) is 3.97. The van der Waals surface area contributed by atoms with E-state index in [1.807, 2.05) is 0 Å². The summed E-state index contributed by atoms with van der Waals surface area (Å²) in [7, 11) is 0. The van der Waals surface area contributed by atoms with Crippen molar-refractivity contribution in [2.75, 3.05) is 5.32 Å². The summed E-state index contributed by atoms with van der Waals surface area (Å²) in [5, 5.41) is 3.70. The second-order valence-electron chi connectivity index (χ2n) is 8.14. The van der Waals surface area contributed by atoms with Gasteiger partial charge in [0.2, 0.25) is 0 Å². The van der Waals surface area contributed by atoms with Crippen LogP contribution in [0.3, 0.4) is 0 Å². The summed E-state index contributed by atoms with van der Waals surface area (Å²) in [6.45, 7) is -0.104. The van der Waals surface area contributed by atoms with E-state index < -0.39 is 23.3 Å². The molecule has 0 amide bonds. The van der Waals surface area contributed by atoms with E-state index in [0.29, 0.717) is 27.9 Å². The van der Waals surface area contributed by atoms with E-state index in [1.54, 1.807) is 30.5 Å². The number of rotatable bonds is 7. The van der Waals surface area contributed by atoms with Gasteiger partial charge in [-0.3, -0.25) is 4.79 Å². The van der Waals surface area contributed by atoms with E-state index in [1.165, 1.54) is 30.5 Å². The molecule has 0 aliphatic heterocycles. The van der Waals surface area contributed by atoms with Crippen LogP contribution in [-0.4, -0.2) is 9.97 Å². The van der Waals surface area contributed by atoms with Crippen LogP contribution in [0.2, 0.25) is 0 Å². The lowest BCUT2D eigenvalue weighted by Gasteiger charge is -2.15. The lowest BCUT2D eigenvalue weighted by atomic mass is 10.0. The molecule has 0 aliphatic carbocycles. The van der Waals surface area contributed by atoms with E-state index in [0.717, 1.165) is 17.7 Å². The van der Waals surface area contributed by atoms with Gasteiger partial charge in [0.05, 0.1) is 0 Å². The van der Waals surface area contributed by atoms with Gasteiger partial charge in [-0.05, 0) is 54.1 Å². The van der Waals surface area contributed by atoms with E-state index in [9.17, 15) is 22.4 Å². The van der Waals surface area contributed by atoms with Gasteiger partial charge in [-0.25, -0.2) is 17.6 Å². The van der Waals surface area contributed by atoms with E-state index in [-0.39, 0.29) is 29.8 Å². The topological polar surface area (TPSA) is 69.9 Å². The summed E-state index contributed by atoms with van der Waals surface area (Å²) < 4.78 is 61.5. The van der Waals surface area contributed by atoms with Gasteiger partial charge in [-0.15, -0.1) is 0 Å². The van der Waals surface area contributed by atoms with Gasteiger partial charge in [0, 0.05) is 53.6 Å². The number of hydrogen-bond donors (Lipinski definition) is 3. The molecule has 0 saturated heterocycles. The van der Waals surface area contributed by atoms with E-state index in [4.69, 9.17) is 4.74 Å². The van der Waals surface area contributed by atoms with Gasteiger partial charge in [-0.2, -0.15) is 0 Å². The van der Waals surface area contributed by atoms with Gasteiger partial charge in [0.15, 0.2) is 11.6 Å². The van der Waals surface area contributed by atoms with Crippen LogP contribution in [0.25, 0.3) is 10.9 Å². The maximum absolute atomic E-state index is 14.3. The molecule has 182 valence electrons. The van der Waals surface area contributed by atoms with Crippen molar-refractivity contribution in [1.82, 2.24) is 9.97 Å². The first-order valence-electron chi connectivity index (χ1n) is 11.0. The third-order valence-electron chi connectivity index (χ3n) is 5.78. The maximum Gasteiger partial charge on any atom is 0.272 e. The number of aromatic amines is 2. The number of aromatic nitrogens is 2. The minimum atomic E-state index is -0.864. The fourth-order valence-corrected chi connectivity index (χ4v) is 3.97. The van der Waals surface area contributed by atoms with Crippen LogP contribution >= 0.6 is 0 Å². The average molecular weight is 493 g/mol. The zero-order valence-electron chi connectivity index (χ0n) is 18.7. The molecule has 0 aliphatic rings. The molecular formula is C27H19F4N3O2. The average Bonchev–Trinajstić information content (AvgIpc) is 3.26. The number of fused-ring (bicyclic) bond motifs is 1. The standard InChI is InChI=1S/C27H19F4N3O2/c28-17-4-6-25(23(31)12-17)36-24-7-5-18(33-14-20-21(29)2-1-3-22(20)30)11-15(24)10-16-13-34-26-19(16)8-9-32-27(26)35/h1-9,11-13,33-34H,10,14H2,(H,32,35). The molecule has 9 heteroatoms. The highest BCUT2D eigenvalue weighted by Crippen LogP contribution is 2.33. The Labute approximate surface area is 202 Å². The first kappa shape index (κ1) is 23.2. The molecule has 5 aromatic rings. The first-order chi connectivity index (χ1) is 17.4. The van der Waals surface area contributed by atoms with Crippen molar-refractivity contribution in [2.45, 2.75) is 13.0 Å². The second-order valence-corrected chi connectivity index (χ2v) is 8.14. The number of H-pyrrole nitrogens is 2. The molecule has 0 spiro atoms. The summed E-state index contributed by atoms with van der Waals surface area (Å²) in [5.41, 5.74) is 1.94. The number of pyridine rings is 1. The van der Waals surface area contributed by atoms with Crippen molar-refractivity contribution in [2.24, 2.45) is 0 Å². The van der Waals surface area contributed by atoms with Crippen molar-refractivity contribution in [3.63, 3.8) is 0 Å². The molecule has 2 aromatic heterocycles. The summed E-state index contributed by atoms with van der Waals surface area (Å²) in [6.07, 6.45) is 3.51. The Balaban J connectivity index is 1.50. The number of nitrogens with one attached hydrogen (secondary N) is 3. The highest BCUT2D eigenvalue weighted by Gasteiger charge is 2.15. The number of halogens is 4. The highest BCUT2D eigenvalue weighted by atomic mass is 19.1. The zero-order valence-corrected chi connectivity index (χ0v) is 18.7. The Hall–Kier alpha value is -4.53. The number of hydrogen-bond acceptors (Lipinski definition) is 3. The monoisotopic (exact) mass is 493 g/mol. The minimum Gasteiger partial charge on any atom is -0.454 e. The smallest absolute Gasteiger partial charge is 0.272 e. The van der Waals surface area contributed by atoms with Crippen molar-refractivity contribution in [3.05, 3.63) is 123 Å². The van der Waals surface area contributed by atoms with Crippen molar-refractivity contribution < 1.29 is 22.3 Å². The lowest BCUT2D eigenvalue weighted by molar-refractivity contribution is 0.434. The molecule has 0 radical (unpaired) electrons. The quantitative estimate of drug-likeness (QED) is 0.230. The molecule has 3 N–H and O–H groups in total. The Morgan fingerprint density at radius 2 is 1.58 bits per heavy atom. The van der Waals surface area contributed by atoms with Gasteiger partial charge >= 0.3 is 0 Å². The number of anilines is 1. The second kappa shape index (κ2) is 9.61. The van der Waals surface area contributed by atoms with Crippen molar-refractivity contribution >= 4 is 16.6 Å². The molecule has 0 saturated carbocycles. The molecule has 0 atom stereocenters. The van der Waals surface area contributed by atoms with Crippen molar-refractivity contribution in [1.29, 1.82) is 0 Å². The Morgan fingerprint density at radius 1 is 0.806 bits per heavy atom. The maximum atomic E-state index is 14.3. The molecule has 0 fully saturated rings. The van der Waals surface area contributed by atoms with E-state index in [2.05, 4.69) is 15.3 Å². The third kappa shape index (κ3) is 4.68. The first-order valence-corrected chi connectivity index (χ1v) is 11.0. The molecule has 5 nitrogen and oxygen atoms in total. The van der Waals surface area contributed by atoms with Crippen molar-refractivity contribution in [3.8, 4) is 11.5 Å². The van der Waals surface area contributed by atoms with Crippen LogP contribution in [0.15, 0.2) is 77.9 Å². The Bertz CT molecular complexity index is 1610. The molecule has 0 unspecified atom stereocenters. The molecular weight excluding hydrogens is 474 g/mol. The van der Waals surface area contributed by atoms with Crippen LogP contribution in [0.5, 0.6) is 11.5 Å². The van der Waals surface area contributed by atoms with Crippen LogP contribution in [0.1, 0.15) is 16.7 Å². The van der Waals surface area contributed by atoms with Crippen LogP contribution in [0, 0.1) is 23.3 Å². The summed E-state index contributed by atoms with van der Waals surface area (Å²) in [4.78, 5) is 17.6. The van der Waals surface area contributed by atoms with Gasteiger partial charge in [0.1, 0.15) is 28.7 Å².